The van der Waals surface area contributed by atoms with Gasteiger partial charge in [0, 0.05) is 44.6 Å². The molecule has 0 radical (unpaired) electrons. The highest BCUT2D eigenvalue weighted by molar-refractivity contribution is 5.77. The second kappa shape index (κ2) is 7.38. The largest absolute Gasteiger partial charge is 0.411 e. The molecule has 1 fully saturated rings. The third-order valence-electron chi connectivity index (χ3n) is 4.51. The Hall–Kier alpha value is -2.52. The van der Waals surface area contributed by atoms with Gasteiger partial charge < -0.3 is 10.2 Å². The summed E-state index contributed by atoms with van der Waals surface area (Å²) in [5.41, 5.74) is 0. The number of hydrogen-bond acceptors (Lipinski definition) is 4. The topological polar surface area (TPSA) is 68.0 Å². The van der Waals surface area contributed by atoms with E-state index in [2.05, 4.69) is 20.4 Å². The van der Waals surface area contributed by atoms with E-state index in [0.29, 0.717) is 6.54 Å². The van der Waals surface area contributed by atoms with Crippen LogP contribution in [0.3, 0.4) is 0 Å². The van der Waals surface area contributed by atoms with Crippen LogP contribution in [0.4, 0.5) is 19.0 Å². The van der Waals surface area contributed by atoms with Crippen LogP contribution in [0.15, 0.2) is 30.7 Å². The SMILES string of the molecule is Cn1nccc1N1CCCC(NC(=O)CC(n2cccn2)C(F)(F)F)C1. The Morgan fingerprint density at radius 1 is 1.38 bits per heavy atom. The number of anilines is 1. The average molecular weight is 370 g/mol. The minimum Gasteiger partial charge on any atom is -0.355 e. The molecule has 0 saturated carbocycles. The number of rotatable bonds is 5. The summed E-state index contributed by atoms with van der Waals surface area (Å²) in [6, 6.07) is 1.12. The standard InChI is InChI=1S/C16H21F3N6O/c1-23-15(5-7-20-23)24-8-2-4-12(11-24)22-14(26)10-13(16(17,18)19)25-9-3-6-21-25/h3,5-7,9,12-13H,2,4,8,10-11H2,1H3,(H,22,26). The molecule has 0 bridgehead atoms. The number of aromatic nitrogens is 4. The molecular formula is C16H21F3N6O. The van der Waals surface area contributed by atoms with Crippen LogP contribution < -0.4 is 10.2 Å². The second-order valence-electron chi connectivity index (χ2n) is 6.41. The molecule has 2 unspecified atom stereocenters. The van der Waals surface area contributed by atoms with Crippen molar-refractivity contribution in [3.8, 4) is 0 Å². The predicted molar refractivity (Wildman–Crippen MR) is 88.5 cm³/mol. The zero-order valence-electron chi connectivity index (χ0n) is 14.4. The Morgan fingerprint density at radius 3 is 2.81 bits per heavy atom. The fraction of sp³-hybridized carbons (Fsp3) is 0.562. The number of nitrogens with zero attached hydrogens (tertiary/aromatic N) is 5. The van der Waals surface area contributed by atoms with E-state index in [1.54, 1.807) is 10.9 Å². The Kier molecular flexibility index (Phi) is 5.19. The summed E-state index contributed by atoms with van der Waals surface area (Å²) in [6.45, 7) is 1.37. The van der Waals surface area contributed by atoms with Gasteiger partial charge in [0.2, 0.25) is 5.91 Å². The van der Waals surface area contributed by atoms with E-state index in [0.717, 1.165) is 29.9 Å². The fourth-order valence-corrected chi connectivity index (χ4v) is 3.27. The number of nitrogens with one attached hydrogen (secondary N) is 1. The highest BCUT2D eigenvalue weighted by Gasteiger charge is 2.43. The maximum atomic E-state index is 13.3. The van der Waals surface area contributed by atoms with Gasteiger partial charge in [0.05, 0.1) is 12.6 Å². The number of carbonyl (C=O) groups excluding carboxylic acids is 1. The van der Waals surface area contributed by atoms with Crippen molar-refractivity contribution in [1.29, 1.82) is 0 Å². The van der Waals surface area contributed by atoms with Crippen molar-refractivity contribution in [1.82, 2.24) is 24.9 Å². The highest BCUT2D eigenvalue weighted by atomic mass is 19.4. The first-order valence-electron chi connectivity index (χ1n) is 8.43. The van der Waals surface area contributed by atoms with Gasteiger partial charge in [0.1, 0.15) is 5.82 Å². The van der Waals surface area contributed by atoms with Crippen molar-refractivity contribution in [2.24, 2.45) is 7.05 Å². The van der Waals surface area contributed by atoms with Crippen molar-refractivity contribution in [2.45, 2.75) is 37.5 Å². The molecule has 1 N–H and O–H groups in total. The number of piperidine rings is 1. The van der Waals surface area contributed by atoms with Crippen LogP contribution >= 0.6 is 0 Å². The first kappa shape index (κ1) is 18.3. The van der Waals surface area contributed by atoms with Gasteiger partial charge >= 0.3 is 6.18 Å². The van der Waals surface area contributed by atoms with Gasteiger partial charge in [-0.25, -0.2) is 0 Å². The van der Waals surface area contributed by atoms with E-state index < -0.39 is 24.5 Å². The van der Waals surface area contributed by atoms with Crippen LogP contribution in [0.1, 0.15) is 25.3 Å². The number of halogens is 3. The van der Waals surface area contributed by atoms with Gasteiger partial charge in [-0.05, 0) is 18.9 Å². The summed E-state index contributed by atoms with van der Waals surface area (Å²) < 4.78 is 42.3. The molecule has 1 aliphatic rings. The Morgan fingerprint density at radius 2 is 2.19 bits per heavy atom. The molecule has 10 heteroatoms. The quantitative estimate of drug-likeness (QED) is 0.873. The molecule has 2 atom stereocenters. The summed E-state index contributed by atoms with van der Waals surface area (Å²) >= 11 is 0. The molecule has 2 aromatic rings. The summed E-state index contributed by atoms with van der Waals surface area (Å²) in [6.07, 6.45) is 0.524. The average Bonchev–Trinajstić information content (AvgIpc) is 3.23. The second-order valence-corrected chi connectivity index (χ2v) is 6.41. The zero-order valence-corrected chi connectivity index (χ0v) is 14.4. The molecule has 2 aromatic heterocycles. The first-order valence-corrected chi connectivity index (χ1v) is 8.43. The Balaban J connectivity index is 1.61. The molecule has 1 amide bonds. The van der Waals surface area contributed by atoms with Crippen molar-refractivity contribution >= 4 is 11.7 Å². The van der Waals surface area contributed by atoms with E-state index in [1.807, 2.05) is 13.1 Å². The molecule has 26 heavy (non-hydrogen) atoms. The van der Waals surface area contributed by atoms with Crippen molar-refractivity contribution in [3.05, 3.63) is 30.7 Å². The lowest BCUT2D eigenvalue weighted by Crippen LogP contribution is -2.49. The fourth-order valence-electron chi connectivity index (χ4n) is 3.27. The highest BCUT2D eigenvalue weighted by Crippen LogP contribution is 2.32. The van der Waals surface area contributed by atoms with Gasteiger partial charge in [-0.15, -0.1) is 0 Å². The van der Waals surface area contributed by atoms with E-state index in [1.165, 1.54) is 18.5 Å². The first-order chi connectivity index (χ1) is 12.3. The Labute approximate surface area is 148 Å². The third kappa shape index (κ3) is 4.17. The maximum Gasteiger partial charge on any atom is 0.411 e. The number of amides is 1. The van der Waals surface area contributed by atoms with Crippen LogP contribution in [-0.4, -0.2) is 50.8 Å². The summed E-state index contributed by atoms with van der Waals surface area (Å²) in [5, 5.41) is 10.5. The van der Waals surface area contributed by atoms with Gasteiger partial charge in [-0.2, -0.15) is 23.4 Å². The van der Waals surface area contributed by atoms with Gasteiger partial charge in [0.15, 0.2) is 6.04 Å². The Bertz CT molecular complexity index is 727. The van der Waals surface area contributed by atoms with Crippen LogP contribution in [0, 0.1) is 0 Å². The number of hydrogen-bond donors (Lipinski definition) is 1. The van der Waals surface area contributed by atoms with Gasteiger partial charge in [-0.3, -0.25) is 14.2 Å². The molecule has 1 aliphatic heterocycles. The minimum absolute atomic E-state index is 0.197. The molecule has 142 valence electrons. The molecule has 0 aromatic carbocycles. The minimum atomic E-state index is -4.54. The summed E-state index contributed by atoms with van der Waals surface area (Å²) in [5.74, 6) is 0.299. The van der Waals surface area contributed by atoms with Crippen LogP contribution in [0.5, 0.6) is 0 Å². The third-order valence-corrected chi connectivity index (χ3v) is 4.51. The zero-order chi connectivity index (χ0) is 18.7. The molecule has 0 aliphatic carbocycles. The molecule has 0 spiro atoms. The molecular weight excluding hydrogens is 349 g/mol. The smallest absolute Gasteiger partial charge is 0.355 e. The monoisotopic (exact) mass is 370 g/mol. The van der Waals surface area contributed by atoms with Crippen molar-refractivity contribution in [2.75, 3.05) is 18.0 Å². The van der Waals surface area contributed by atoms with Crippen molar-refractivity contribution < 1.29 is 18.0 Å². The normalized spacial score (nSPS) is 19.4. The van der Waals surface area contributed by atoms with E-state index in [-0.39, 0.29) is 6.04 Å². The number of carbonyl (C=O) groups is 1. The summed E-state index contributed by atoms with van der Waals surface area (Å²) in [4.78, 5) is 14.3. The van der Waals surface area contributed by atoms with E-state index in [4.69, 9.17) is 0 Å². The molecule has 3 heterocycles. The lowest BCUT2D eigenvalue weighted by atomic mass is 10.0. The van der Waals surface area contributed by atoms with Gasteiger partial charge in [0.25, 0.3) is 0 Å². The predicted octanol–water partition coefficient (Wildman–Crippen LogP) is 1.90. The molecule has 3 rings (SSSR count). The lowest BCUT2D eigenvalue weighted by Gasteiger charge is -2.34. The molecule has 1 saturated heterocycles. The van der Waals surface area contributed by atoms with Crippen LogP contribution in [-0.2, 0) is 11.8 Å². The maximum absolute atomic E-state index is 13.3. The van der Waals surface area contributed by atoms with Crippen LogP contribution in [0.2, 0.25) is 0 Å². The lowest BCUT2D eigenvalue weighted by molar-refractivity contribution is -0.175. The molecule has 7 nitrogen and oxygen atoms in total. The summed E-state index contributed by atoms with van der Waals surface area (Å²) in [7, 11) is 1.83. The number of alkyl halides is 3. The van der Waals surface area contributed by atoms with Crippen molar-refractivity contribution in [3.63, 3.8) is 0 Å². The van der Waals surface area contributed by atoms with E-state index >= 15 is 0 Å². The van der Waals surface area contributed by atoms with Gasteiger partial charge in [-0.1, -0.05) is 0 Å². The van der Waals surface area contributed by atoms with E-state index in [9.17, 15) is 18.0 Å². The van der Waals surface area contributed by atoms with Crippen LogP contribution in [0.25, 0.3) is 0 Å². The number of aryl methyl sites for hydroxylation is 1.